The SMILES string of the molecule is CC(C)(C)c1ccc(C(=O)NNC(=O)Cc2csc(N3CCCC3=O)n2)cc1. The minimum Gasteiger partial charge on any atom is -0.288 e. The van der Waals surface area contributed by atoms with Crippen molar-refractivity contribution in [1.82, 2.24) is 15.8 Å². The van der Waals surface area contributed by atoms with Crippen LogP contribution in [0, 0.1) is 0 Å². The summed E-state index contributed by atoms with van der Waals surface area (Å²) in [4.78, 5) is 42.0. The lowest BCUT2D eigenvalue weighted by atomic mass is 9.87. The molecule has 1 aromatic heterocycles. The van der Waals surface area contributed by atoms with Crippen molar-refractivity contribution < 1.29 is 14.4 Å². The molecule has 2 N–H and O–H groups in total. The summed E-state index contributed by atoms with van der Waals surface area (Å²) in [5.41, 5.74) is 7.00. The number of benzene rings is 1. The summed E-state index contributed by atoms with van der Waals surface area (Å²) in [5, 5.41) is 2.38. The molecule has 1 fully saturated rings. The Morgan fingerprint density at radius 1 is 1.18 bits per heavy atom. The molecule has 1 aliphatic rings. The van der Waals surface area contributed by atoms with Crippen molar-refractivity contribution in [2.75, 3.05) is 11.4 Å². The number of aromatic nitrogens is 1. The van der Waals surface area contributed by atoms with Gasteiger partial charge in [-0.05, 0) is 29.5 Å². The Morgan fingerprint density at radius 3 is 2.50 bits per heavy atom. The molecule has 0 aliphatic carbocycles. The first-order chi connectivity index (χ1) is 13.2. The molecule has 8 heteroatoms. The van der Waals surface area contributed by atoms with Crippen LogP contribution >= 0.6 is 11.3 Å². The van der Waals surface area contributed by atoms with E-state index in [1.807, 2.05) is 12.1 Å². The zero-order valence-corrected chi connectivity index (χ0v) is 17.1. The number of nitrogens with zero attached hydrogens (tertiary/aromatic N) is 2. The third-order valence-electron chi connectivity index (χ3n) is 4.51. The van der Waals surface area contributed by atoms with Crippen molar-refractivity contribution in [3.05, 3.63) is 46.5 Å². The molecule has 2 aromatic rings. The first kappa shape index (κ1) is 20.0. The van der Waals surface area contributed by atoms with E-state index >= 15 is 0 Å². The Morgan fingerprint density at radius 2 is 1.89 bits per heavy atom. The maximum atomic E-state index is 12.2. The maximum absolute atomic E-state index is 12.2. The molecule has 0 saturated carbocycles. The van der Waals surface area contributed by atoms with Gasteiger partial charge in [0.15, 0.2) is 5.13 Å². The van der Waals surface area contributed by atoms with Crippen LogP contribution in [0.4, 0.5) is 5.13 Å². The highest BCUT2D eigenvalue weighted by molar-refractivity contribution is 7.14. The van der Waals surface area contributed by atoms with Gasteiger partial charge in [-0.25, -0.2) is 4.98 Å². The predicted octanol–water partition coefficient (Wildman–Crippen LogP) is 2.57. The van der Waals surface area contributed by atoms with Crippen LogP contribution in [0.2, 0.25) is 0 Å². The normalized spacial score (nSPS) is 14.2. The van der Waals surface area contributed by atoms with E-state index in [9.17, 15) is 14.4 Å². The monoisotopic (exact) mass is 400 g/mol. The van der Waals surface area contributed by atoms with Crippen LogP contribution in [-0.2, 0) is 21.4 Å². The molecular formula is C20H24N4O3S. The second kappa shape index (κ2) is 8.10. The van der Waals surface area contributed by atoms with Crippen LogP contribution in [0.5, 0.6) is 0 Å². The first-order valence-corrected chi connectivity index (χ1v) is 10.1. The van der Waals surface area contributed by atoms with E-state index in [1.54, 1.807) is 22.4 Å². The van der Waals surface area contributed by atoms with E-state index in [2.05, 4.69) is 36.6 Å². The number of thiazole rings is 1. The fourth-order valence-corrected chi connectivity index (χ4v) is 3.75. The van der Waals surface area contributed by atoms with Gasteiger partial charge in [0.05, 0.1) is 12.1 Å². The zero-order chi connectivity index (χ0) is 20.3. The van der Waals surface area contributed by atoms with Gasteiger partial charge in [-0.2, -0.15) is 0 Å². The van der Waals surface area contributed by atoms with Gasteiger partial charge in [0, 0.05) is 23.9 Å². The first-order valence-electron chi connectivity index (χ1n) is 9.18. The van der Waals surface area contributed by atoms with Gasteiger partial charge in [0.1, 0.15) is 0 Å². The molecule has 3 rings (SSSR count). The number of rotatable bonds is 4. The van der Waals surface area contributed by atoms with Crippen LogP contribution in [-0.4, -0.2) is 29.3 Å². The van der Waals surface area contributed by atoms with Gasteiger partial charge in [0.25, 0.3) is 5.91 Å². The molecule has 28 heavy (non-hydrogen) atoms. The quantitative estimate of drug-likeness (QED) is 0.772. The summed E-state index contributed by atoms with van der Waals surface area (Å²) in [7, 11) is 0. The Labute approximate surface area is 168 Å². The second-order valence-corrected chi connectivity index (χ2v) is 8.61. The summed E-state index contributed by atoms with van der Waals surface area (Å²) >= 11 is 1.34. The lowest BCUT2D eigenvalue weighted by Crippen LogP contribution is -2.42. The summed E-state index contributed by atoms with van der Waals surface area (Å²) in [6.07, 6.45) is 1.40. The van der Waals surface area contributed by atoms with E-state index in [4.69, 9.17) is 0 Å². The summed E-state index contributed by atoms with van der Waals surface area (Å²) in [6, 6.07) is 7.30. The number of nitrogens with one attached hydrogen (secondary N) is 2. The lowest BCUT2D eigenvalue weighted by Gasteiger charge is -2.19. The largest absolute Gasteiger partial charge is 0.288 e. The number of carbonyl (C=O) groups is 3. The Hall–Kier alpha value is -2.74. The van der Waals surface area contributed by atoms with Crippen LogP contribution in [0.15, 0.2) is 29.6 Å². The average molecular weight is 401 g/mol. The molecule has 0 spiro atoms. The predicted molar refractivity (Wildman–Crippen MR) is 108 cm³/mol. The number of hydrogen-bond donors (Lipinski definition) is 2. The number of hydrogen-bond acceptors (Lipinski definition) is 5. The number of carbonyl (C=O) groups excluding carboxylic acids is 3. The van der Waals surface area contributed by atoms with Crippen molar-refractivity contribution in [2.45, 2.75) is 45.4 Å². The van der Waals surface area contributed by atoms with Gasteiger partial charge < -0.3 is 0 Å². The Balaban J connectivity index is 1.51. The highest BCUT2D eigenvalue weighted by atomic mass is 32.1. The van der Waals surface area contributed by atoms with Crippen molar-refractivity contribution in [2.24, 2.45) is 0 Å². The molecular weight excluding hydrogens is 376 g/mol. The molecule has 3 amide bonds. The highest BCUT2D eigenvalue weighted by Gasteiger charge is 2.24. The lowest BCUT2D eigenvalue weighted by molar-refractivity contribution is -0.121. The molecule has 0 bridgehead atoms. The van der Waals surface area contributed by atoms with Crippen molar-refractivity contribution in [3.63, 3.8) is 0 Å². The fraction of sp³-hybridized carbons (Fsp3) is 0.400. The topological polar surface area (TPSA) is 91.4 Å². The third-order valence-corrected chi connectivity index (χ3v) is 5.43. The van der Waals surface area contributed by atoms with Crippen molar-refractivity contribution in [3.8, 4) is 0 Å². The molecule has 2 heterocycles. The molecule has 7 nitrogen and oxygen atoms in total. The Kier molecular flexibility index (Phi) is 5.79. The Bertz CT molecular complexity index is 884. The van der Waals surface area contributed by atoms with E-state index in [0.717, 1.165) is 12.0 Å². The van der Waals surface area contributed by atoms with Crippen molar-refractivity contribution in [1.29, 1.82) is 0 Å². The van der Waals surface area contributed by atoms with Crippen LogP contribution < -0.4 is 15.8 Å². The van der Waals surface area contributed by atoms with Gasteiger partial charge in [0.2, 0.25) is 11.8 Å². The molecule has 1 aliphatic heterocycles. The third kappa shape index (κ3) is 4.75. The van der Waals surface area contributed by atoms with Crippen molar-refractivity contribution >= 4 is 34.2 Å². The van der Waals surface area contributed by atoms with E-state index in [1.165, 1.54) is 11.3 Å². The average Bonchev–Trinajstić information content (AvgIpc) is 3.27. The fourth-order valence-electron chi connectivity index (χ4n) is 2.88. The van der Waals surface area contributed by atoms with E-state index in [0.29, 0.717) is 29.4 Å². The summed E-state index contributed by atoms with van der Waals surface area (Å²) in [6.45, 7) is 6.98. The van der Waals surface area contributed by atoms with Crippen LogP contribution in [0.25, 0.3) is 0 Å². The number of amides is 3. The maximum Gasteiger partial charge on any atom is 0.269 e. The summed E-state index contributed by atoms with van der Waals surface area (Å²) in [5.74, 6) is -0.685. The molecule has 0 radical (unpaired) electrons. The van der Waals surface area contributed by atoms with Crippen LogP contribution in [0.3, 0.4) is 0 Å². The van der Waals surface area contributed by atoms with E-state index in [-0.39, 0.29) is 29.6 Å². The molecule has 1 aromatic carbocycles. The minimum absolute atomic E-state index is 0.00922. The van der Waals surface area contributed by atoms with Gasteiger partial charge in [-0.1, -0.05) is 32.9 Å². The summed E-state index contributed by atoms with van der Waals surface area (Å²) < 4.78 is 0. The molecule has 148 valence electrons. The molecule has 1 saturated heterocycles. The minimum atomic E-state index is -0.379. The zero-order valence-electron chi connectivity index (χ0n) is 16.2. The molecule has 0 atom stereocenters. The smallest absolute Gasteiger partial charge is 0.269 e. The molecule has 0 unspecified atom stereocenters. The van der Waals surface area contributed by atoms with E-state index < -0.39 is 0 Å². The van der Waals surface area contributed by atoms with Gasteiger partial charge >= 0.3 is 0 Å². The van der Waals surface area contributed by atoms with Crippen LogP contribution in [0.1, 0.15) is 55.2 Å². The van der Waals surface area contributed by atoms with Gasteiger partial charge in [-0.15, -0.1) is 11.3 Å². The number of hydrazine groups is 1. The number of anilines is 1. The standard InChI is InChI=1S/C20H24N4O3S/c1-20(2,3)14-8-6-13(7-9-14)18(27)23-22-16(25)11-15-12-28-19(21-15)24-10-4-5-17(24)26/h6-9,12H,4-5,10-11H2,1-3H3,(H,22,25)(H,23,27). The van der Waals surface area contributed by atoms with Gasteiger partial charge in [-0.3, -0.25) is 30.1 Å². The highest BCUT2D eigenvalue weighted by Crippen LogP contribution is 2.25. The second-order valence-electron chi connectivity index (χ2n) is 7.78.